The zero-order valence-corrected chi connectivity index (χ0v) is 18.5. The third-order valence-electron chi connectivity index (χ3n) is 7.51. The first kappa shape index (κ1) is 21.8. The van der Waals surface area contributed by atoms with Crippen molar-refractivity contribution in [2.45, 2.75) is 57.0 Å². The molecule has 8 nitrogen and oxygen atoms in total. The molecule has 0 radical (unpaired) electrons. The van der Waals surface area contributed by atoms with Gasteiger partial charge in [0.2, 0.25) is 0 Å². The molecular weight excluding hydrogens is 428 g/mol. The fourth-order valence-corrected chi connectivity index (χ4v) is 7.34. The molecule has 3 aliphatic rings. The Morgan fingerprint density at radius 2 is 1.87 bits per heavy atom. The summed E-state index contributed by atoms with van der Waals surface area (Å²) in [6.07, 6.45) is 6.40. The highest BCUT2D eigenvalue weighted by atomic mass is 32.2. The quantitative estimate of drug-likeness (QED) is 0.650. The van der Waals surface area contributed by atoms with Crippen molar-refractivity contribution in [3.05, 3.63) is 42.0 Å². The summed E-state index contributed by atoms with van der Waals surface area (Å²) < 4.78 is 55.5. The van der Waals surface area contributed by atoms with Gasteiger partial charge in [-0.3, -0.25) is 4.18 Å². The molecule has 0 amide bonds. The van der Waals surface area contributed by atoms with Crippen molar-refractivity contribution in [2.24, 2.45) is 27.5 Å². The molecule has 3 aliphatic carbocycles. The monoisotopic (exact) mass is 456 g/mol. The summed E-state index contributed by atoms with van der Waals surface area (Å²) in [5.41, 5.74) is 1.90. The van der Waals surface area contributed by atoms with Crippen LogP contribution in [-0.4, -0.2) is 22.9 Å². The molecule has 2 saturated carbocycles. The molecule has 4 unspecified atom stereocenters. The molecule has 0 heterocycles. The minimum absolute atomic E-state index is 0.0132. The van der Waals surface area contributed by atoms with Gasteiger partial charge >= 0.3 is 20.6 Å². The number of nitrogens with two attached hydrogens (primary N) is 2. The van der Waals surface area contributed by atoms with Crippen LogP contribution in [0.3, 0.4) is 0 Å². The van der Waals surface area contributed by atoms with Gasteiger partial charge in [0.25, 0.3) is 0 Å². The SMILES string of the molecule is C=CC12CC[C@]3(C)CC(OS(N)(=O)=O)CC3C1CCc1cc(OS(N)(=O)=O)ccc12. The van der Waals surface area contributed by atoms with Crippen molar-refractivity contribution >= 4 is 20.6 Å². The van der Waals surface area contributed by atoms with Crippen LogP contribution in [0.1, 0.15) is 50.2 Å². The molecule has 1 aromatic carbocycles. The van der Waals surface area contributed by atoms with E-state index < -0.39 is 26.7 Å². The lowest BCUT2D eigenvalue weighted by molar-refractivity contribution is 0.0277. The van der Waals surface area contributed by atoms with Gasteiger partial charge in [0, 0.05) is 5.41 Å². The van der Waals surface area contributed by atoms with Crippen LogP contribution in [0.15, 0.2) is 30.9 Å². The first-order chi connectivity index (χ1) is 13.9. The van der Waals surface area contributed by atoms with E-state index in [1.807, 2.05) is 12.1 Å². The second-order valence-electron chi connectivity index (χ2n) is 9.20. The van der Waals surface area contributed by atoms with E-state index in [4.69, 9.17) is 18.6 Å². The Morgan fingerprint density at radius 3 is 2.50 bits per heavy atom. The van der Waals surface area contributed by atoms with Crippen molar-refractivity contribution in [3.63, 3.8) is 0 Å². The van der Waals surface area contributed by atoms with Crippen LogP contribution in [-0.2, 0) is 36.6 Å². The number of rotatable bonds is 5. The van der Waals surface area contributed by atoms with Crippen LogP contribution < -0.4 is 14.5 Å². The van der Waals surface area contributed by atoms with Gasteiger partial charge in [0.15, 0.2) is 0 Å². The molecule has 4 N–H and O–H groups in total. The zero-order valence-electron chi connectivity index (χ0n) is 16.9. The van der Waals surface area contributed by atoms with Gasteiger partial charge in [-0.1, -0.05) is 19.1 Å². The Balaban J connectivity index is 1.68. The van der Waals surface area contributed by atoms with E-state index in [0.29, 0.717) is 18.8 Å². The van der Waals surface area contributed by atoms with Crippen LogP contribution in [0.4, 0.5) is 0 Å². The lowest BCUT2D eigenvalue weighted by atomic mass is 9.49. The van der Waals surface area contributed by atoms with Gasteiger partial charge in [0.1, 0.15) is 5.75 Å². The smallest absolute Gasteiger partial charge is 0.371 e. The molecule has 5 atom stereocenters. The first-order valence-corrected chi connectivity index (χ1v) is 13.0. The molecule has 0 aliphatic heterocycles. The van der Waals surface area contributed by atoms with E-state index in [9.17, 15) is 16.8 Å². The lowest BCUT2D eigenvalue weighted by Crippen LogP contribution is -2.49. The van der Waals surface area contributed by atoms with E-state index in [1.165, 1.54) is 0 Å². The highest BCUT2D eigenvalue weighted by Crippen LogP contribution is 2.64. The fourth-order valence-electron chi connectivity index (χ4n) is 6.44. The Kier molecular flexibility index (Phi) is 5.10. The van der Waals surface area contributed by atoms with Crippen molar-refractivity contribution in [1.82, 2.24) is 0 Å². The largest absolute Gasteiger partial charge is 0.380 e. The summed E-state index contributed by atoms with van der Waals surface area (Å²) in [4.78, 5) is 0. The summed E-state index contributed by atoms with van der Waals surface area (Å²) in [5, 5.41) is 10.1. The number of hydrogen-bond acceptors (Lipinski definition) is 6. The number of fused-ring (bicyclic) bond motifs is 5. The molecule has 0 saturated heterocycles. The zero-order chi connectivity index (χ0) is 21.9. The fraction of sp³-hybridized carbons (Fsp3) is 0.600. The summed E-state index contributed by atoms with van der Waals surface area (Å²) in [5.74, 6) is 0.780. The molecule has 4 rings (SSSR count). The third kappa shape index (κ3) is 3.80. The van der Waals surface area contributed by atoms with Crippen LogP contribution >= 0.6 is 0 Å². The van der Waals surface area contributed by atoms with E-state index in [0.717, 1.165) is 36.8 Å². The highest BCUT2D eigenvalue weighted by molar-refractivity contribution is 7.84. The average molecular weight is 457 g/mol. The maximum atomic E-state index is 11.5. The average Bonchev–Trinajstić information content (AvgIpc) is 2.93. The lowest BCUT2D eigenvalue weighted by Gasteiger charge is -2.55. The molecule has 0 bridgehead atoms. The third-order valence-corrected chi connectivity index (χ3v) is 8.48. The minimum Gasteiger partial charge on any atom is -0.371 e. The second kappa shape index (κ2) is 7.03. The van der Waals surface area contributed by atoms with Crippen molar-refractivity contribution in [1.29, 1.82) is 0 Å². The molecule has 0 spiro atoms. The molecule has 166 valence electrons. The van der Waals surface area contributed by atoms with E-state index >= 15 is 0 Å². The number of aryl methyl sites for hydroxylation is 1. The number of hydrogen-bond donors (Lipinski definition) is 2. The first-order valence-electron chi connectivity index (χ1n) is 10.1. The standard InChI is InChI=1S/C20H28N2O6S2/c1-3-20-9-8-19(2)12-15(28-30(22,25)26)11-18(19)17(20)6-4-13-10-14(5-7-16(13)20)27-29(21,23)24/h3,5,7,10,15,17-18H,1,4,6,8-9,11-12H2,2H3,(H2,21,23,24)(H2,22,25,26)/t15?,17?,18?,19-,20?/m1/s1. The van der Waals surface area contributed by atoms with Crippen LogP contribution in [0.25, 0.3) is 0 Å². The predicted molar refractivity (Wildman–Crippen MR) is 112 cm³/mol. The van der Waals surface area contributed by atoms with Gasteiger partial charge < -0.3 is 4.18 Å². The van der Waals surface area contributed by atoms with Gasteiger partial charge in [-0.15, -0.1) is 6.58 Å². The van der Waals surface area contributed by atoms with E-state index in [1.54, 1.807) is 12.1 Å². The topological polar surface area (TPSA) is 139 Å². The normalized spacial score (nSPS) is 35.8. The molecule has 1 aromatic rings. The second-order valence-corrected chi connectivity index (χ2v) is 11.5. The van der Waals surface area contributed by atoms with E-state index in [-0.39, 0.29) is 22.5 Å². The molecular formula is C20H28N2O6S2. The van der Waals surface area contributed by atoms with Gasteiger partial charge in [-0.25, -0.2) is 5.14 Å². The summed E-state index contributed by atoms with van der Waals surface area (Å²) >= 11 is 0. The van der Waals surface area contributed by atoms with Crippen LogP contribution in [0.5, 0.6) is 5.75 Å². The van der Waals surface area contributed by atoms with Crippen LogP contribution in [0.2, 0.25) is 0 Å². The van der Waals surface area contributed by atoms with Crippen molar-refractivity contribution in [2.75, 3.05) is 0 Å². The predicted octanol–water partition coefficient (Wildman–Crippen LogP) is 2.05. The Bertz CT molecular complexity index is 1090. The number of benzene rings is 1. The van der Waals surface area contributed by atoms with Crippen LogP contribution in [0, 0.1) is 17.3 Å². The van der Waals surface area contributed by atoms with Gasteiger partial charge in [0.05, 0.1) is 6.10 Å². The molecule has 2 fully saturated rings. The van der Waals surface area contributed by atoms with E-state index in [2.05, 4.69) is 13.5 Å². The Hall–Kier alpha value is -1.46. The van der Waals surface area contributed by atoms with Crippen molar-refractivity contribution in [3.8, 4) is 5.75 Å². The highest BCUT2D eigenvalue weighted by Gasteiger charge is 2.58. The van der Waals surface area contributed by atoms with Gasteiger partial charge in [-0.05, 0) is 79.0 Å². The Labute approximate surface area is 178 Å². The maximum absolute atomic E-state index is 11.5. The summed E-state index contributed by atoms with van der Waals surface area (Å²) in [6.45, 7) is 6.38. The van der Waals surface area contributed by atoms with Crippen molar-refractivity contribution < 1.29 is 25.2 Å². The van der Waals surface area contributed by atoms with Gasteiger partial charge in [-0.2, -0.15) is 22.0 Å². The minimum atomic E-state index is -4.08. The summed E-state index contributed by atoms with van der Waals surface area (Å²) in [6, 6.07) is 5.29. The summed E-state index contributed by atoms with van der Waals surface area (Å²) in [7, 11) is -8.07. The number of allylic oxidation sites excluding steroid dienone is 1. The maximum Gasteiger partial charge on any atom is 0.380 e. The Morgan fingerprint density at radius 1 is 1.13 bits per heavy atom. The molecule has 30 heavy (non-hydrogen) atoms. The molecule has 0 aromatic heterocycles. The molecule has 10 heteroatoms.